The van der Waals surface area contributed by atoms with Crippen molar-refractivity contribution < 1.29 is 14.0 Å². The second kappa shape index (κ2) is 10.9. The Hall–Kier alpha value is -3.43. The highest BCUT2D eigenvalue weighted by atomic mass is 32.2. The number of carbonyl (C=O) groups excluding carboxylic acids is 2. The molecular weight excluding hydrogens is 507 g/mol. The van der Waals surface area contributed by atoms with Gasteiger partial charge in [-0.05, 0) is 49.1 Å². The molecule has 0 saturated heterocycles. The van der Waals surface area contributed by atoms with Gasteiger partial charge in [-0.25, -0.2) is 9.07 Å². The summed E-state index contributed by atoms with van der Waals surface area (Å²) in [5.74, 6) is -0.0176. The van der Waals surface area contributed by atoms with E-state index in [-0.39, 0.29) is 41.2 Å². The van der Waals surface area contributed by atoms with Crippen molar-refractivity contribution in [2.75, 3.05) is 17.2 Å². The van der Waals surface area contributed by atoms with Gasteiger partial charge in [-0.15, -0.1) is 23.1 Å². The van der Waals surface area contributed by atoms with E-state index >= 15 is 0 Å². The zero-order chi connectivity index (χ0) is 25.9. The van der Waals surface area contributed by atoms with E-state index < -0.39 is 0 Å². The van der Waals surface area contributed by atoms with Crippen molar-refractivity contribution in [2.24, 2.45) is 0 Å². The Bertz CT molecular complexity index is 1390. The fourth-order valence-electron chi connectivity index (χ4n) is 4.32. The van der Waals surface area contributed by atoms with Crippen molar-refractivity contribution in [1.29, 1.82) is 0 Å². The van der Waals surface area contributed by atoms with Crippen molar-refractivity contribution in [3.05, 3.63) is 88.4 Å². The highest BCUT2D eigenvalue weighted by Crippen LogP contribution is 2.49. The largest absolute Gasteiger partial charge is 0.352 e. The smallest absolute Gasteiger partial charge is 0.240 e. The Morgan fingerprint density at radius 1 is 1.14 bits per heavy atom. The molecule has 2 aromatic carbocycles. The van der Waals surface area contributed by atoms with Crippen LogP contribution in [0.25, 0.3) is 16.9 Å². The number of anilines is 1. The second-order valence-corrected chi connectivity index (χ2v) is 11.0. The van der Waals surface area contributed by atoms with Gasteiger partial charge in [0.1, 0.15) is 18.2 Å². The number of thioether (sulfide) groups is 1. The van der Waals surface area contributed by atoms with Crippen LogP contribution in [0.2, 0.25) is 0 Å². The third-order valence-corrected chi connectivity index (χ3v) is 8.65. The van der Waals surface area contributed by atoms with Gasteiger partial charge < -0.3 is 5.32 Å². The van der Waals surface area contributed by atoms with Crippen LogP contribution in [0, 0.1) is 5.82 Å². The summed E-state index contributed by atoms with van der Waals surface area (Å²) in [5, 5.41) is 9.83. The summed E-state index contributed by atoms with van der Waals surface area (Å²) in [7, 11) is 0. The zero-order valence-electron chi connectivity index (χ0n) is 20.6. The number of nitrogens with zero attached hydrogens (tertiary/aromatic N) is 3. The van der Waals surface area contributed by atoms with Crippen LogP contribution in [0.4, 0.5) is 10.2 Å². The molecule has 2 aromatic heterocycles. The normalized spacial score (nSPS) is 16.2. The molecule has 0 bridgehead atoms. The lowest BCUT2D eigenvalue weighted by molar-refractivity contribution is -0.123. The molecule has 1 aliphatic heterocycles. The van der Waals surface area contributed by atoms with Crippen molar-refractivity contribution in [3.8, 4) is 16.9 Å². The predicted octanol–water partition coefficient (Wildman–Crippen LogP) is 5.82. The molecule has 3 heterocycles. The topological polar surface area (TPSA) is 67.2 Å². The number of halogens is 1. The monoisotopic (exact) mass is 534 g/mol. The summed E-state index contributed by atoms with van der Waals surface area (Å²) >= 11 is 3.16. The minimum Gasteiger partial charge on any atom is -0.352 e. The number of thiophene rings is 1. The molecule has 6 nitrogen and oxygen atoms in total. The second-order valence-electron chi connectivity index (χ2n) is 8.90. The van der Waals surface area contributed by atoms with Crippen LogP contribution in [0.1, 0.15) is 36.0 Å². The Morgan fingerprint density at radius 2 is 1.89 bits per heavy atom. The van der Waals surface area contributed by atoms with Crippen molar-refractivity contribution in [1.82, 2.24) is 15.1 Å². The van der Waals surface area contributed by atoms with Crippen LogP contribution in [-0.4, -0.2) is 39.9 Å². The minimum atomic E-state index is -0.363. The van der Waals surface area contributed by atoms with Gasteiger partial charge in [-0.1, -0.05) is 43.3 Å². The summed E-state index contributed by atoms with van der Waals surface area (Å²) in [6.07, 6.45) is 0.785. The predicted molar refractivity (Wildman–Crippen MR) is 148 cm³/mol. The lowest BCUT2D eigenvalue weighted by atomic mass is 10.0. The summed E-state index contributed by atoms with van der Waals surface area (Å²) in [5.41, 5.74) is 3.11. The maximum absolute atomic E-state index is 13.8. The van der Waals surface area contributed by atoms with Crippen LogP contribution >= 0.6 is 23.1 Å². The van der Waals surface area contributed by atoms with Crippen LogP contribution in [0.15, 0.2) is 72.1 Å². The Balaban J connectivity index is 1.75. The van der Waals surface area contributed by atoms with Gasteiger partial charge in [-0.2, -0.15) is 5.10 Å². The van der Waals surface area contributed by atoms with E-state index in [2.05, 4.69) is 11.4 Å². The molecule has 5 rings (SSSR count). The van der Waals surface area contributed by atoms with Gasteiger partial charge in [0, 0.05) is 22.0 Å². The molecule has 0 aliphatic carbocycles. The number of aromatic nitrogens is 2. The average molecular weight is 535 g/mol. The van der Waals surface area contributed by atoms with E-state index in [1.165, 1.54) is 28.8 Å². The molecule has 4 aromatic rings. The molecule has 0 fully saturated rings. The number of nitrogens with one attached hydrogen (secondary N) is 1. The molecule has 1 N–H and O–H groups in total. The molecule has 37 heavy (non-hydrogen) atoms. The molecule has 9 heteroatoms. The van der Waals surface area contributed by atoms with Gasteiger partial charge in [0.05, 0.1) is 22.4 Å². The fourth-order valence-corrected chi connectivity index (χ4v) is 6.50. The van der Waals surface area contributed by atoms with Gasteiger partial charge in [0.25, 0.3) is 0 Å². The number of hydrogen-bond donors (Lipinski definition) is 1. The first-order chi connectivity index (χ1) is 18.0. The lowest BCUT2D eigenvalue weighted by Crippen LogP contribution is -2.44. The number of amides is 2. The minimum absolute atomic E-state index is 0.0100. The molecule has 0 radical (unpaired) electrons. The van der Waals surface area contributed by atoms with E-state index in [1.54, 1.807) is 28.2 Å². The third-order valence-electron chi connectivity index (χ3n) is 6.33. The highest BCUT2D eigenvalue weighted by molar-refractivity contribution is 8.00. The molecule has 0 unspecified atom stereocenters. The average Bonchev–Trinajstić information content (AvgIpc) is 3.55. The van der Waals surface area contributed by atoms with Gasteiger partial charge >= 0.3 is 0 Å². The first kappa shape index (κ1) is 25.2. The Kier molecular flexibility index (Phi) is 7.43. The quantitative estimate of drug-likeness (QED) is 0.324. The fraction of sp³-hybridized carbons (Fsp3) is 0.250. The first-order valence-electron chi connectivity index (χ1n) is 12.1. The van der Waals surface area contributed by atoms with Crippen molar-refractivity contribution >= 4 is 40.7 Å². The van der Waals surface area contributed by atoms with Crippen molar-refractivity contribution in [2.45, 2.75) is 31.6 Å². The number of carbonyl (C=O) groups is 2. The van der Waals surface area contributed by atoms with E-state index in [1.807, 2.05) is 55.6 Å². The molecule has 0 saturated carbocycles. The summed E-state index contributed by atoms with van der Waals surface area (Å²) in [6.45, 7) is 3.81. The van der Waals surface area contributed by atoms with Crippen LogP contribution in [-0.2, 0) is 9.59 Å². The molecule has 1 aliphatic rings. The summed E-state index contributed by atoms with van der Waals surface area (Å²) < 4.78 is 15.5. The first-order valence-corrected chi connectivity index (χ1v) is 14.1. The number of rotatable bonds is 7. The third kappa shape index (κ3) is 5.19. The molecule has 2 amide bonds. The van der Waals surface area contributed by atoms with Gasteiger partial charge in [-0.3, -0.25) is 14.5 Å². The van der Waals surface area contributed by atoms with E-state index in [9.17, 15) is 14.0 Å². The summed E-state index contributed by atoms with van der Waals surface area (Å²) in [4.78, 5) is 29.3. The molecule has 190 valence electrons. The number of benzene rings is 2. The van der Waals surface area contributed by atoms with Gasteiger partial charge in [0.2, 0.25) is 11.8 Å². The standard InChI is InChI=1S/C28H27FN4O2S2/c1-3-18(2)30-23(34)16-32-24(35)17-37-27(22-10-7-15-36-22)25-26(19-8-5-4-6-9-19)31-33(28(25)32)21-13-11-20(29)12-14-21/h4-15,18,27H,3,16-17H2,1-2H3,(H,30,34)/t18-,27+/m0/s1. The molecule has 2 atom stereocenters. The van der Waals surface area contributed by atoms with Gasteiger partial charge in [0.15, 0.2) is 0 Å². The van der Waals surface area contributed by atoms with E-state index in [0.717, 1.165) is 28.1 Å². The maximum atomic E-state index is 13.8. The SMILES string of the molecule is CC[C@H](C)NC(=O)CN1C(=O)CS[C@H](c2cccs2)c2c(-c3ccccc3)nn(-c3ccc(F)cc3)c21. The maximum Gasteiger partial charge on any atom is 0.240 e. The van der Waals surface area contributed by atoms with E-state index in [0.29, 0.717) is 11.5 Å². The number of hydrogen-bond acceptors (Lipinski definition) is 5. The van der Waals surface area contributed by atoms with Crippen molar-refractivity contribution in [3.63, 3.8) is 0 Å². The van der Waals surface area contributed by atoms with Crippen LogP contribution < -0.4 is 10.2 Å². The lowest BCUT2D eigenvalue weighted by Gasteiger charge is -2.24. The molecular formula is C28H27FN4O2S2. The summed E-state index contributed by atoms with van der Waals surface area (Å²) in [6, 6.07) is 19.9. The van der Waals surface area contributed by atoms with Crippen LogP contribution in [0.5, 0.6) is 0 Å². The number of fused-ring (bicyclic) bond motifs is 1. The highest BCUT2D eigenvalue weighted by Gasteiger charge is 2.38. The Labute approximate surface area is 223 Å². The van der Waals surface area contributed by atoms with E-state index in [4.69, 9.17) is 5.10 Å². The molecule has 0 spiro atoms. The Morgan fingerprint density at radius 3 is 2.57 bits per heavy atom. The zero-order valence-corrected chi connectivity index (χ0v) is 22.2. The van der Waals surface area contributed by atoms with Crippen LogP contribution in [0.3, 0.4) is 0 Å².